The van der Waals surface area contributed by atoms with E-state index in [4.69, 9.17) is 29.9 Å². The van der Waals surface area contributed by atoms with Crippen molar-refractivity contribution in [3.05, 3.63) is 255 Å². The molecule has 4 aliphatic rings. The van der Waals surface area contributed by atoms with Gasteiger partial charge in [0.25, 0.3) is 5.56 Å². The second-order valence-electron chi connectivity index (χ2n) is 27.6. The number of fused-ring (bicyclic) bond motifs is 10. The molecule has 0 unspecified atom stereocenters. The molecule has 9 heterocycles. The lowest BCUT2D eigenvalue weighted by Crippen LogP contribution is -2.36. The van der Waals surface area contributed by atoms with Gasteiger partial charge in [-0.2, -0.15) is 4.98 Å². The van der Waals surface area contributed by atoms with E-state index in [1.807, 2.05) is 48.5 Å². The zero-order valence-corrected chi connectivity index (χ0v) is 54.6. The molecule has 4 aliphatic heterocycles. The summed E-state index contributed by atoms with van der Waals surface area (Å²) >= 11 is 0. The van der Waals surface area contributed by atoms with Crippen LogP contribution in [0.3, 0.4) is 0 Å². The highest BCUT2D eigenvalue weighted by atomic mass is 16.2. The number of rotatable bonds is 8. The molecule has 0 radical (unpaired) electrons. The number of nitrogens with zero attached hydrogens (tertiary/aromatic N) is 10. The highest BCUT2D eigenvalue weighted by Crippen LogP contribution is 2.41. The molecular weight excluding hydrogens is 1170 g/mol. The van der Waals surface area contributed by atoms with Crippen molar-refractivity contribution in [3.8, 4) is 95.6 Å². The summed E-state index contributed by atoms with van der Waals surface area (Å²) in [6.07, 6.45) is 15.6. The third kappa shape index (κ3) is 11.1. The minimum atomic E-state index is -0.654. The first-order valence-electron chi connectivity index (χ1n) is 31.9. The largest absolute Gasteiger partial charge is 0.354 e. The lowest BCUT2D eigenvalue weighted by molar-refractivity contribution is 0.590. The van der Waals surface area contributed by atoms with Crippen molar-refractivity contribution in [2.75, 3.05) is 0 Å². The van der Waals surface area contributed by atoms with E-state index in [1.54, 1.807) is 29.4 Å². The molecule has 95 heavy (non-hydrogen) atoms. The van der Waals surface area contributed by atoms with Crippen LogP contribution >= 0.6 is 0 Å². The summed E-state index contributed by atoms with van der Waals surface area (Å²) < 4.78 is 2.76. The summed E-state index contributed by atoms with van der Waals surface area (Å²) in [6, 6.07) is 59.0. The number of aromatic nitrogens is 12. The molecular formula is C81H68N12O2. The van der Waals surface area contributed by atoms with E-state index in [2.05, 4.69) is 228 Å². The number of benzene rings is 6. The lowest BCUT2D eigenvalue weighted by Gasteiger charge is -2.19. The summed E-state index contributed by atoms with van der Waals surface area (Å²) in [7, 11) is 1.40. The first-order chi connectivity index (χ1) is 45.7. The quantitative estimate of drug-likeness (QED) is 0.139. The van der Waals surface area contributed by atoms with Gasteiger partial charge >= 0.3 is 5.69 Å². The van der Waals surface area contributed by atoms with Crippen molar-refractivity contribution in [2.45, 2.75) is 78.6 Å². The first kappa shape index (κ1) is 59.7. The van der Waals surface area contributed by atoms with E-state index in [0.29, 0.717) is 33.9 Å². The second kappa shape index (κ2) is 22.9. The van der Waals surface area contributed by atoms with E-state index in [9.17, 15) is 9.59 Å². The monoisotopic (exact) mass is 1240 g/mol. The highest BCUT2D eigenvalue weighted by Gasteiger charge is 2.25. The Hall–Kier alpha value is -11.6. The van der Waals surface area contributed by atoms with Gasteiger partial charge in [0.2, 0.25) is 0 Å². The molecule has 15 rings (SSSR count). The summed E-state index contributed by atoms with van der Waals surface area (Å²) in [4.78, 5) is 73.0. The standard InChI is InChI=1S/C81H68N12O2/c1-79(2,3)55-27-19-49(20-28-55)70-62-37-35-60(86-62)69(61-36-38-63(87-61)71(50-21-29-56(30-22-50)80(4,5)6)65-40-42-67(89-65)72(66-41-39-64(70)88-66)51-23-31-57(32-24-51)81(7,8)9)48-15-17-52(18-16-48)74-84-45-54(46-85-74)75-82-43-53(44-83-75)47-25-33-58(34-26-47)93-68-14-12-11-13-59(68)90-73-76(93)91-78(95)92(10)77(73)94/h11-46,86,89H,1-10H3. The SMILES string of the molecule is Cn1c(=O)nc2n(-c3ccc(-c4cnc(-c5cnc(-c6ccc(-c7c8nc(c(-c9ccc(C(C)(C)C)cc9)c9ccc([nH]9)c(-c9ccc(C(C)(C)C)cc9)c9nc(c(-c%10ccc(C(C)(C)C)cc%10)c%10ccc7[nH]%10)C=C9)C=C8)cc6)nc5)nc4)cc3)c3ccccc3nc-2c1=O. The zero-order valence-electron chi connectivity index (χ0n) is 54.6. The van der Waals surface area contributed by atoms with Crippen LogP contribution in [0.25, 0.3) is 153 Å². The van der Waals surface area contributed by atoms with Crippen LogP contribution in [-0.2, 0) is 23.3 Å². The molecule has 0 spiro atoms. The zero-order chi connectivity index (χ0) is 65.7. The molecule has 0 amide bonds. The predicted octanol–water partition coefficient (Wildman–Crippen LogP) is 17.7. The molecule has 11 aromatic rings. The van der Waals surface area contributed by atoms with Gasteiger partial charge in [0.1, 0.15) is 0 Å². The average Bonchev–Trinajstić information content (AvgIpc) is 0.987. The maximum Gasteiger partial charge on any atom is 0.352 e. The molecule has 0 saturated heterocycles. The van der Waals surface area contributed by atoms with Gasteiger partial charge in [-0.05, 0) is 134 Å². The number of aromatic amines is 2. The normalized spacial score (nSPS) is 12.5. The van der Waals surface area contributed by atoms with Crippen molar-refractivity contribution in [1.29, 1.82) is 0 Å². The Bertz CT molecular complexity index is 5470. The van der Waals surface area contributed by atoms with Gasteiger partial charge in [-0.1, -0.05) is 184 Å². The van der Waals surface area contributed by atoms with Crippen LogP contribution in [0.4, 0.5) is 0 Å². The van der Waals surface area contributed by atoms with Gasteiger partial charge in [-0.15, -0.1) is 0 Å². The van der Waals surface area contributed by atoms with Crippen molar-refractivity contribution in [2.24, 2.45) is 7.05 Å². The van der Waals surface area contributed by atoms with Crippen LogP contribution in [0, 0.1) is 0 Å². The minimum Gasteiger partial charge on any atom is -0.354 e. The Morgan fingerprint density at radius 3 is 1.13 bits per heavy atom. The molecule has 8 bridgehead atoms. The van der Waals surface area contributed by atoms with Gasteiger partial charge in [-0.25, -0.2) is 39.7 Å². The summed E-state index contributed by atoms with van der Waals surface area (Å²) in [5, 5.41) is 0. The molecule has 464 valence electrons. The Labute approximate surface area is 549 Å². The average molecular weight is 1240 g/mol. The molecule has 5 aromatic heterocycles. The summed E-state index contributed by atoms with van der Waals surface area (Å²) in [5.41, 5.74) is 22.9. The molecule has 0 aliphatic carbocycles. The number of nitrogens with one attached hydrogen (secondary N) is 2. The smallest absolute Gasteiger partial charge is 0.352 e. The molecule has 0 saturated carbocycles. The van der Waals surface area contributed by atoms with Crippen molar-refractivity contribution in [1.82, 2.24) is 59.0 Å². The number of hydrogen-bond acceptors (Lipinski definition) is 10. The van der Waals surface area contributed by atoms with E-state index in [0.717, 1.165) is 111 Å². The van der Waals surface area contributed by atoms with Crippen molar-refractivity contribution >= 4 is 57.4 Å². The fourth-order valence-electron chi connectivity index (χ4n) is 12.7. The van der Waals surface area contributed by atoms with Crippen LogP contribution in [0.15, 0.2) is 204 Å². The third-order valence-corrected chi connectivity index (χ3v) is 18.1. The van der Waals surface area contributed by atoms with E-state index in [-0.39, 0.29) is 27.8 Å². The van der Waals surface area contributed by atoms with Crippen LogP contribution in [0.5, 0.6) is 0 Å². The summed E-state index contributed by atoms with van der Waals surface area (Å²) in [5.74, 6) is 1.21. The molecule has 6 aromatic carbocycles. The van der Waals surface area contributed by atoms with Gasteiger partial charge in [0.05, 0.1) is 39.4 Å². The van der Waals surface area contributed by atoms with Crippen LogP contribution in [0.2, 0.25) is 0 Å². The molecule has 14 nitrogen and oxygen atoms in total. The molecule has 14 heteroatoms. The fourth-order valence-corrected chi connectivity index (χ4v) is 12.7. The van der Waals surface area contributed by atoms with Crippen molar-refractivity contribution < 1.29 is 0 Å². The maximum absolute atomic E-state index is 13.2. The van der Waals surface area contributed by atoms with Gasteiger partial charge in [0, 0.05) is 93.0 Å². The van der Waals surface area contributed by atoms with Gasteiger partial charge in [-0.3, -0.25) is 13.9 Å². The van der Waals surface area contributed by atoms with Crippen LogP contribution in [-0.4, -0.2) is 59.0 Å². The van der Waals surface area contributed by atoms with Crippen molar-refractivity contribution in [3.63, 3.8) is 0 Å². The third-order valence-electron chi connectivity index (χ3n) is 18.1. The number of hydrogen-bond donors (Lipinski definition) is 2. The van der Waals surface area contributed by atoms with Gasteiger partial charge in [0.15, 0.2) is 23.2 Å². The molecule has 2 N–H and O–H groups in total. The Morgan fingerprint density at radius 2 is 0.716 bits per heavy atom. The molecule has 0 fully saturated rings. The Morgan fingerprint density at radius 1 is 0.358 bits per heavy atom. The first-order valence-corrected chi connectivity index (χ1v) is 31.9. The van der Waals surface area contributed by atoms with E-state index in [1.165, 1.54) is 23.7 Å². The summed E-state index contributed by atoms with van der Waals surface area (Å²) in [6.45, 7) is 20.2. The maximum atomic E-state index is 13.2. The van der Waals surface area contributed by atoms with E-state index < -0.39 is 11.2 Å². The fraction of sp³-hybridized carbons (Fsp3) is 0.160. The highest BCUT2D eigenvalue weighted by molar-refractivity contribution is 6.00. The van der Waals surface area contributed by atoms with Crippen LogP contribution in [0.1, 0.15) is 102 Å². The lowest BCUT2D eigenvalue weighted by atomic mass is 9.86. The number of para-hydroxylation sites is 2. The number of H-pyrrole nitrogens is 2. The minimum absolute atomic E-state index is 0.0135. The van der Waals surface area contributed by atoms with E-state index >= 15 is 0 Å². The molecule has 0 atom stereocenters. The predicted molar refractivity (Wildman–Crippen MR) is 385 cm³/mol. The topological polar surface area (TPSA) is 179 Å². The second-order valence-corrected chi connectivity index (χ2v) is 27.6. The Kier molecular flexibility index (Phi) is 14.4. The Balaban J connectivity index is 0.812. The van der Waals surface area contributed by atoms with Gasteiger partial charge < -0.3 is 9.97 Å². The van der Waals surface area contributed by atoms with Crippen LogP contribution < -0.4 is 11.2 Å².